The van der Waals surface area contributed by atoms with Crippen LogP contribution in [0.25, 0.3) is 11.1 Å². The van der Waals surface area contributed by atoms with Crippen molar-refractivity contribution in [1.82, 2.24) is 14.2 Å². The standard InChI is InChI=1S/C24H21N3O4S2/c28-22(17-32-24-25-20-13-7-8-14-21(20)31-24)26-15-16-27(23(26)18-9-3-1-4-10-18)33(29,30)19-11-5-2-6-12-19/h1-14,23H,15-17H2/t23-/m0/s1. The zero-order valence-electron chi connectivity index (χ0n) is 17.6. The lowest BCUT2D eigenvalue weighted by molar-refractivity contribution is -0.130. The monoisotopic (exact) mass is 479 g/mol. The van der Waals surface area contributed by atoms with Crippen LogP contribution >= 0.6 is 11.8 Å². The molecule has 0 unspecified atom stereocenters. The maximum absolute atomic E-state index is 13.4. The highest BCUT2D eigenvalue weighted by atomic mass is 32.2. The fourth-order valence-corrected chi connectivity index (χ4v) is 6.25. The van der Waals surface area contributed by atoms with Gasteiger partial charge in [0.05, 0.1) is 10.6 Å². The average Bonchev–Trinajstić information content (AvgIpc) is 3.48. The molecule has 1 aliphatic heterocycles. The molecule has 0 N–H and O–H groups in total. The molecule has 1 atom stereocenters. The number of para-hydroxylation sites is 2. The third-order valence-corrected chi connectivity index (χ3v) is 8.17. The normalized spacial score (nSPS) is 17.0. The third-order valence-electron chi connectivity index (χ3n) is 5.49. The van der Waals surface area contributed by atoms with E-state index in [2.05, 4.69) is 4.98 Å². The predicted octanol–water partition coefficient (Wildman–Crippen LogP) is 4.15. The van der Waals surface area contributed by atoms with Gasteiger partial charge in [-0.1, -0.05) is 72.4 Å². The van der Waals surface area contributed by atoms with Gasteiger partial charge in [-0.3, -0.25) is 4.79 Å². The molecule has 4 aromatic rings. The number of fused-ring (bicyclic) bond motifs is 1. The Morgan fingerprint density at radius 1 is 0.939 bits per heavy atom. The molecule has 33 heavy (non-hydrogen) atoms. The molecule has 0 radical (unpaired) electrons. The fourth-order valence-electron chi connectivity index (χ4n) is 3.94. The van der Waals surface area contributed by atoms with E-state index in [9.17, 15) is 13.2 Å². The maximum atomic E-state index is 13.4. The Morgan fingerprint density at radius 2 is 1.61 bits per heavy atom. The highest BCUT2D eigenvalue weighted by Gasteiger charge is 2.43. The van der Waals surface area contributed by atoms with E-state index in [4.69, 9.17) is 4.42 Å². The molecule has 9 heteroatoms. The van der Waals surface area contributed by atoms with Crippen LogP contribution < -0.4 is 0 Å². The predicted molar refractivity (Wildman–Crippen MR) is 126 cm³/mol. The summed E-state index contributed by atoms with van der Waals surface area (Å²) in [6.07, 6.45) is -0.715. The summed E-state index contributed by atoms with van der Waals surface area (Å²) in [6, 6.07) is 25.0. The number of benzene rings is 3. The van der Waals surface area contributed by atoms with Gasteiger partial charge in [-0.2, -0.15) is 4.31 Å². The summed E-state index contributed by atoms with van der Waals surface area (Å²) < 4.78 is 33.9. The summed E-state index contributed by atoms with van der Waals surface area (Å²) in [5.41, 5.74) is 2.14. The number of carbonyl (C=O) groups excluding carboxylic acids is 1. The summed E-state index contributed by atoms with van der Waals surface area (Å²) in [6.45, 7) is 0.522. The first-order valence-corrected chi connectivity index (χ1v) is 12.9. The minimum absolute atomic E-state index is 0.0926. The molecule has 0 bridgehead atoms. The zero-order valence-corrected chi connectivity index (χ0v) is 19.2. The Hall–Kier alpha value is -3.14. The van der Waals surface area contributed by atoms with Gasteiger partial charge in [-0.25, -0.2) is 13.4 Å². The summed E-state index contributed by atoms with van der Waals surface area (Å²) in [4.78, 5) is 19.5. The van der Waals surface area contributed by atoms with E-state index < -0.39 is 16.2 Å². The molecule has 1 aromatic heterocycles. The molecule has 5 rings (SSSR count). The van der Waals surface area contributed by atoms with Crippen LogP contribution in [0.4, 0.5) is 0 Å². The number of hydrogen-bond donors (Lipinski definition) is 0. The Morgan fingerprint density at radius 3 is 2.33 bits per heavy atom. The van der Waals surface area contributed by atoms with Gasteiger partial charge in [-0.05, 0) is 29.8 Å². The van der Waals surface area contributed by atoms with Crippen LogP contribution in [0.5, 0.6) is 0 Å². The van der Waals surface area contributed by atoms with Crippen LogP contribution in [-0.4, -0.2) is 47.4 Å². The van der Waals surface area contributed by atoms with Crippen molar-refractivity contribution in [3.63, 3.8) is 0 Å². The molecule has 1 fully saturated rings. The second-order valence-electron chi connectivity index (χ2n) is 7.54. The van der Waals surface area contributed by atoms with Crippen molar-refractivity contribution in [2.45, 2.75) is 16.3 Å². The van der Waals surface area contributed by atoms with Crippen molar-refractivity contribution in [3.05, 3.63) is 90.5 Å². The highest BCUT2D eigenvalue weighted by Crippen LogP contribution is 2.35. The lowest BCUT2D eigenvalue weighted by Crippen LogP contribution is -2.38. The lowest BCUT2D eigenvalue weighted by Gasteiger charge is -2.30. The van der Waals surface area contributed by atoms with E-state index >= 15 is 0 Å². The van der Waals surface area contributed by atoms with Crippen molar-refractivity contribution in [1.29, 1.82) is 0 Å². The molecule has 1 saturated heterocycles. The maximum Gasteiger partial charge on any atom is 0.257 e. The van der Waals surface area contributed by atoms with E-state index in [1.165, 1.54) is 16.1 Å². The van der Waals surface area contributed by atoms with Gasteiger partial charge >= 0.3 is 0 Å². The van der Waals surface area contributed by atoms with Gasteiger partial charge in [0.1, 0.15) is 11.7 Å². The summed E-state index contributed by atoms with van der Waals surface area (Å²) in [5, 5.41) is 0.411. The minimum Gasteiger partial charge on any atom is -0.431 e. The van der Waals surface area contributed by atoms with Crippen LogP contribution in [0.3, 0.4) is 0 Å². The van der Waals surface area contributed by atoms with Gasteiger partial charge in [0.2, 0.25) is 15.9 Å². The third kappa shape index (κ3) is 4.27. The smallest absolute Gasteiger partial charge is 0.257 e. The summed E-state index contributed by atoms with van der Waals surface area (Å²) >= 11 is 1.21. The fraction of sp³-hybridized carbons (Fsp3) is 0.167. The van der Waals surface area contributed by atoms with Crippen molar-refractivity contribution in [2.75, 3.05) is 18.8 Å². The summed E-state index contributed by atoms with van der Waals surface area (Å²) in [7, 11) is -3.79. The van der Waals surface area contributed by atoms with Gasteiger partial charge in [0, 0.05) is 13.1 Å². The number of oxazole rings is 1. The lowest BCUT2D eigenvalue weighted by atomic mass is 10.1. The topological polar surface area (TPSA) is 83.7 Å². The van der Waals surface area contributed by atoms with Crippen molar-refractivity contribution in [2.24, 2.45) is 0 Å². The number of nitrogens with zero attached hydrogens (tertiary/aromatic N) is 3. The van der Waals surface area contributed by atoms with Crippen molar-refractivity contribution >= 4 is 38.8 Å². The highest BCUT2D eigenvalue weighted by molar-refractivity contribution is 7.99. The number of amides is 1. The first-order chi connectivity index (χ1) is 16.0. The van der Waals surface area contributed by atoms with Crippen LogP contribution in [0, 0.1) is 0 Å². The molecule has 2 heterocycles. The van der Waals surface area contributed by atoms with E-state index in [1.807, 2.05) is 54.6 Å². The van der Waals surface area contributed by atoms with Gasteiger partial charge < -0.3 is 9.32 Å². The SMILES string of the molecule is O=C(CSc1nc2ccccc2o1)N1CCN(S(=O)(=O)c2ccccc2)[C@H]1c1ccccc1. The molecule has 0 aliphatic carbocycles. The van der Waals surface area contributed by atoms with Crippen molar-refractivity contribution < 1.29 is 17.6 Å². The number of aromatic nitrogens is 1. The number of rotatable bonds is 6. The first kappa shape index (κ1) is 21.7. The van der Waals surface area contributed by atoms with E-state index in [1.54, 1.807) is 35.2 Å². The van der Waals surface area contributed by atoms with Crippen LogP contribution in [0.2, 0.25) is 0 Å². The second kappa shape index (κ2) is 9.01. The van der Waals surface area contributed by atoms with Crippen LogP contribution in [0.1, 0.15) is 11.7 Å². The van der Waals surface area contributed by atoms with E-state index in [-0.39, 0.29) is 23.1 Å². The van der Waals surface area contributed by atoms with E-state index in [0.717, 1.165) is 11.1 Å². The summed E-state index contributed by atoms with van der Waals surface area (Å²) in [5.74, 6) is -0.0862. The molecule has 168 valence electrons. The Balaban J connectivity index is 1.40. The van der Waals surface area contributed by atoms with Gasteiger partial charge in [0.15, 0.2) is 5.58 Å². The molecule has 0 saturated carbocycles. The number of thioether (sulfide) groups is 1. The van der Waals surface area contributed by atoms with Gasteiger partial charge in [0.25, 0.3) is 5.22 Å². The Kier molecular flexibility index (Phi) is 5.92. The average molecular weight is 480 g/mol. The number of sulfonamides is 1. The molecule has 7 nitrogen and oxygen atoms in total. The van der Waals surface area contributed by atoms with E-state index in [0.29, 0.717) is 17.4 Å². The van der Waals surface area contributed by atoms with Gasteiger partial charge in [-0.15, -0.1) is 0 Å². The van der Waals surface area contributed by atoms with Crippen LogP contribution in [0.15, 0.2) is 99.5 Å². The Bertz CT molecular complexity index is 1340. The first-order valence-electron chi connectivity index (χ1n) is 10.4. The zero-order chi connectivity index (χ0) is 22.8. The number of hydrogen-bond acceptors (Lipinski definition) is 6. The number of carbonyl (C=O) groups is 1. The second-order valence-corrected chi connectivity index (χ2v) is 10.4. The molecular weight excluding hydrogens is 458 g/mol. The molecule has 1 aliphatic rings. The molecule has 0 spiro atoms. The minimum atomic E-state index is -3.79. The molecule has 1 amide bonds. The largest absolute Gasteiger partial charge is 0.431 e. The quantitative estimate of drug-likeness (QED) is 0.386. The van der Waals surface area contributed by atoms with Crippen LogP contribution in [-0.2, 0) is 14.8 Å². The Labute approximate surface area is 196 Å². The molecule has 3 aromatic carbocycles. The van der Waals surface area contributed by atoms with Crippen molar-refractivity contribution in [3.8, 4) is 0 Å². The molecular formula is C24H21N3O4S2.